The second kappa shape index (κ2) is 5.59. The molecule has 2 rings (SSSR count). The summed E-state index contributed by atoms with van der Waals surface area (Å²) in [4.78, 5) is 3.96. The van der Waals surface area contributed by atoms with Crippen LogP contribution >= 0.6 is 0 Å². The molecule has 0 aliphatic rings. The number of hydrogen-bond donors (Lipinski definition) is 1. The Morgan fingerprint density at radius 1 is 1.44 bits per heavy atom. The summed E-state index contributed by atoms with van der Waals surface area (Å²) < 4.78 is 6.89. The van der Waals surface area contributed by atoms with E-state index in [-0.39, 0.29) is 0 Å². The van der Waals surface area contributed by atoms with Crippen molar-refractivity contribution in [3.63, 3.8) is 0 Å². The van der Waals surface area contributed by atoms with Crippen molar-refractivity contribution in [2.75, 3.05) is 7.11 Å². The summed E-state index contributed by atoms with van der Waals surface area (Å²) in [5, 5.41) is 18.2. The van der Waals surface area contributed by atoms with Crippen molar-refractivity contribution in [1.29, 1.82) is 0 Å². The van der Waals surface area contributed by atoms with Gasteiger partial charge in [0, 0.05) is 18.3 Å². The number of methoxy groups -OCH3 is 1. The van der Waals surface area contributed by atoms with Gasteiger partial charge in [-0.15, -0.1) is 5.10 Å². The van der Waals surface area contributed by atoms with Crippen LogP contribution in [0.25, 0.3) is 0 Å². The highest BCUT2D eigenvalue weighted by Crippen LogP contribution is 2.28. The van der Waals surface area contributed by atoms with E-state index in [0.717, 1.165) is 13.0 Å². The minimum atomic E-state index is -0.815. The van der Waals surface area contributed by atoms with Crippen LogP contribution in [0.4, 0.5) is 0 Å². The molecule has 0 aliphatic heterocycles. The fourth-order valence-corrected chi connectivity index (χ4v) is 1.81. The van der Waals surface area contributed by atoms with Crippen LogP contribution in [-0.4, -0.2) is 32.2 Å². The second-order valence-electron chi connectivity index (χ2n) is 3.90. The molecule has 1 unspecified atom stereocenters. The smallest absolute Gasteiger partial charge is 0.143 e. The van der Waals surface area contributed by atoms with Crippen molar-refractivity contribution in [1.82, 2.24) is 20.0 Å². The van der Waals surface area contributed by atoms with Gasteiger partial charge in [-0.25, -0.2) is 4.68 Å². The highest BCUT2D eigenvalue weighted by Gasteiger charge is 2.19. The molecular weight excluding hydrogens is 232 g/mol. The van der Waals surface area contributed by atoms with Crippen LogP contribution in [-0.2, 0) is 6.54 Å². The largest absolute Gasteiger partial charge is 0.495 e. The maximum absolute atomic E-state index is 10.4. The highest BCUT2D eigenvalue weighted by molar-refractivity contribution is 5.35. The first-order valence-corrected chi connectivity index (χ1v) is 5.82. The Balaban J connectivity index is 2.35. The normalized spacial score (nSPS) is 12.4. The molecule has 1 N–H and O–H groups in total. The van der Waals surface area contributed by atoms with E-state index >= 15 is 0 Å². The van der Waals surface area contributed by atoms with Crippen LogP contribution in [0.2, 0.25) is 0 Å². The number of hydrogen-bond acceptors (Lipinski definition) is 5. The molecule has 6 nitrogen and oxygen atoms in total. The number of aliphatic hydroxyl groups is 1. The number of aromatic nitrogens is 4. The van der Waals surface area contributed by atoms with Gasteiger partial charge in [-0.1, -0.05) is 12.1 Å². The van der Waals surface area contributed by atoms with Crippen molar-refractivity contribution in [3.8, 4) is 5.75 Å². The van der Waals surface area contributed by atoms with Gasteiger partial charge in [0.1, 0.15) is 11.9 Å². The summed E-state index contributed by atoms with van der Waals surface area (Å²) in [6.07, 6.45) is 4.88. The molecular formula is C12H16N4O2. The van der Waals surface area contributed by atoms with Gasteiger partial charge < -0.3 is 9.84 Å². The summed E-state index contributed by atoms with van der Waals surface area (Å²) >= 11 is 0. The monoisotopic (exact) mass is 248 g/mol. The second-order valence-corrected chi connectivity index (χ2v) is 3.90. The van der Waals surface area contributed by atoms with Gasteiger partial charge in [0.25, 0.3) is 0 Å². The third kappa shape index (κ3) is 2.33. The Labute approximate surface area is 105 Å². The fraction of sp³-hybridized carbons (Fsp3) is 0.417. The van der Waals surface area contributed by atoms with Crippen molar-refractivity contribution >= 4 is 0 Å². The van der Waals surface area contributed by atoms with E-state index < -0.39 is 6.10 Å². The molecule has 0 bridgehead atoms. The molecule has 0 spiro atoms. The van der Waals surface area contributed by atoms with Crippen molar-refractivity contribution < 1.29 is 9.84 Å². The van der Waals surface area contributed by atoms with E-state index in [1.165, 1.54) is 0 Å². The minimum Gasteiger partial charge on any atom is -0.495 e. The molecule has 6 heteroatoms. The van der Waals surface area contributed by atoms with Gasteiger partial charge >= 0.3 is 0 Å². The summed E-state index contributed by atoms with van der Waals surface area (Å²) in [7, 11) is 1.55. The van der Waals surface area contributed by atoms with E-state index in [9.17, 15) is 5.11 Å². The first-order valence-electron chi connectivity index (χ1n) is 5.82. The molecule has 0 fully saturated rings. The van der Waals surface area contributed by atoms with Gasteiger partial charge in [-0.05, 0) is 12.5 Å². The average molecular weight is 248 g/mol. The minimum absolute atomic E-state index is 0.550. The number of rotatable bonds is 5. The van der Waals surface area contributed by atoms with Gasteiger partial charge in [0.15, 0.2) is 0 Å². The van der Waals surface area contributed by atoms with Crippen LogP contribution < -0.4 is 4.74 Å². The van der Waals surface area contributed by atoms with E-state index in [0.29, 0.717) is 17.0 Å². The average Bonchev–Trinajstić information content (AvgIpc) is 2.86. The Bertz CT molecular complexity index is 512. The lowest BCUT2D eigenvalue weighted by molar-refractivity contribution is 0.202. The molecule has 0 aromatic carbocycles. The van der Waals surface area contributed by atoms with E-state index in [4.69, 9.17) is 4.74 Å². The Morgan fingerprint density at radius 3 is 3.00 bits per heavy atom. The lowest BCUT2D eigenvalue weighted by Crippen LogP contribution is -2.11. The molecule has 18 heavy (non-hydrogen) atoms. The van der Waals surface area contributed by atoms with Crippen LogP contribution in [0.1, 0.15) is 30.7 Å². The Kier molecular flexibility index (Phi) is 3.88. The molecule has 2 aromatic rings. The van der Waals surface area contributed by atoms with Gasteiger partial charge in [0.2, 0.25) is 0 Å². The van der Waals surface area contributed by atoms with Gasteiger partial charge in [-0.2, -0.15) is 0 Å². The van der Waals surface area contributed by atoms with Crippen molar-refractivity contribution in [2.45, 2.75) is 26.0 Å². The quantitative estimate of drug-likeness (QED) is 0.860. The summed E-state index contributed by atoms with van der Waals surface area (Å²) in [5.41, 5.74) is 1.31. The molecule has 96 valence electrons. The van der Waals surface area contributed by atoms with Gasteiger partial charge in [0.05, 0.1) is 25.2 Å². The van der Waals surface area contributed by atoms with Crippen LogP contribution in [0.5, 0.6) is 5.75 Å². The topological polar surface area (TPSA) is 73.1 Å². The first kappa shape index (κ1) is 12.5. The lowest BCUT2D eigenvalue weighted by Gasteiger charge is -2.14. The molecule has 0 radical (unpaired) electrons. The predicted molar refractivity (Wildman–Crippen MR) is 65.2 cm³/mol. The lowest BCUT2D eigenvalue weighted by atomic mass is 10.1. The van der Waals surface area contributed by atoms with E-state index in [1.54, 1.807) is 36.4 Å². The highest BCUT2D eigenvalue weighted by atomic mass is 16.5. The molecule has 0 amide bonds. The molecule has 0 saturated heterocycles. The molecule has 1 atom stereocenters. The third-order valence-electron chi connectivity index (χ3n) is 2.69. The molecule has 2 aromatic heterocycles. The number of aryl methyl sites for hydroxylation is 1. The SMILES string of the molecule is CCCn1nncc1C(O)c1ccncc1OC. The van der Waals surface area contributed by atoms with Crippen LogP contribution in [0, 0.1) is 0 Å². The number of nitrogens with zero attached hydrogens (tertiary/aromatic N) is 4. The van der Waals surface area contributed by atoms with E-state index in [1.807, 2.05) is 6.92 Å². The Hall–Kier alpha value is -1.95. The number of ether oxygens (including phenoxy) is 1. The molecule has 0 saturated carbocycles. The molecule has 2 heterocycles. The van der Waals surface area contributed by atoms with Crippen molar-refractivity contribution in [3.05, 3.63) is 35.9 Å². The van der Waals surface area contributed by atoms with Crippen LogP contribution in [0.15, 0.2) is 24.7 Å². The zero-order valence-electron chi connectivity index (χ0n) is 10.4. The maximum atomic E-state index is 10.4. The first-order chi connectivity index (χ1) is 8.77. The summed E-state index contributed by atoms with van der Waals surface area (Å²) in [6.45, 7) is 2.77. The standard InChI is InChI=1S/C12H16N4O2/c1-3-6-16-10(7-14-15-16)12(17)9-4-5-13-8-11(9)18-2/h4-5,7-8,12,17H,3,6H2,1-2H3. The molecule has 0 aliphatic carbocycles. The fourth-order valence-electron chi connectivity index (χ4n) is 1.81. The Morgan fingerprint density at radius 2 is 2.28 bits per heavy atom. The zero-order chi connectivity index (χ0) is 13.0. The van der Waals surface area contributed by atoms with Crippen molar-refractivity contribution in [2.24, 2.45) is 0 Å². The zero-order valence-corrected chi connectivity index (χ0v) is 10.4. The van der Waals surface area contributed by atoms with E-state index in [2.05, 4.69) is 15.3 Å². The summed E-state index contributed by atoms with van der Waals surface area (Å²) in [5.74, 6) is 0.550. The number of aliphatic hydroxyl groups excluding tert-OH is 1. The van der Waals surface area contributed by atoms with Crippen LogP contribution in [0.3, 0.4) is 0 Å². The predicted octanol–water partition coefficient (Wildman–Crippen LogP) is 1.17. The van der Waals surface area contributed by atoms with Gasteiger partial charge in [-0.3, -0.25) is 4.98 Å². The third-order valence-corrected chi connectivity index (χ3v) is 2.69. The summed E-state index contributed by atoms with van der Waals surface area (Å²) in [6, 6.07) is 1.73. The maximum Gasteiger partial charge on any atom is 0.143 e. The number of pyridine rings is 1.